The molecule has 0 spiro atoms. The minimum absolute atomic E-state index is 0.234. The molecule has 0 saturated carbocycles. The highest BCUT2D eigenvalue weighted by molar-refractivity contribution is 8.05. The van der Waals surface area contributed by atoms with E-state index in [1.807, 2.05) is 6.08 Å². The first kappa shape index (κ1) is 14.4. The first-order chi connectivity index (χ1) is 11.5. The van der Waals surface area contributed by atoms with Crippen LogP contribution in [0.2, 0.25) is 0 Å². The number of rotatable bonds is 1. The molecule has 3 nitrogen and oxygen atoms in total. The lowest BCUT2D eigenvalue weighted by atomic mass is 9.88. The third-order valence-electron chi connectivity index (χ3n) is 4.94. The monoisotopic (exact) mass is 333 g/mol. The quantitative estimate of drug-likeness (QED) is 0.517. The minimum atomic E-state index is -1.44. The standard InChI is InChI=1S/C19H16BNO2S/c1-19(2)17-13-7-3-6-12-9-11-5-4-8-14(11)21(18(12)13)15(17)10-16(24-19)20(22)23/h3-10,22-23H,1-2H3. The van der Waals surface area contributed by atoms with Gasteiger partial charge in [-0.05, 0) is 42.8 Å². The molecule has 0 unspecified atom stereocenters. The summed E-state index contributed by atoms with van der Waals surface area (Å²) < 4.78 is 2.04. The Bertz CT molecular complexity index is 1140. The van der Waals surface area contributed by atoms with Crippen molar-refractivity contribution in [1.82, 2.24) is 4.40 Å². The molecule has 0 fully saturated rings. The zero-order valence-electron chi connectivity index (χ0n) is 13.4. The molecule has 0 bridgehead atoms. The van der Waals surface area contributed by atoms with Crippen LogP contribution in [0, 0.1) is 0 Å². The van der Waals surface area contributed by atoms with Crippen LogP contribution in [-0.4, -0.2) is 21.6 Å². The van der Waals surface area contributed by atoms with Crippen LogP contribution in [0.1, 0.15) is 25.1 Å². The SMILES string of the molecule is CC1(C)SC(B(O)O)=Cc2c1c1cccc3cc4cccc4n2c31. The van der Waals surface area contributed by atoms with Gasteiger partial charge in [0.2, 0.25) is 0 Å². The van der Waals surface area contributed by atoms with Crippen LogP contribution in [0.25, 0.3) is 33.3 Å². The van der Waals surface area contributed by atoms with Crippen molar-refractivity contribution in [3.8, 4) is 0 Å². The first-order valence-corrected chi connectivity index (χ1v) is 8.84. The Balaban J connectivity index is 2.08. The summed E-state index contributed by atoms with van der Waals surface area (Å²) in [6.45, 7) is 4.30. The molecular weight excluding hydrogens is 317 g/mol. The summed E-state index contributed by atoms with van der Waals surface area (Å²) in [6.07, 6.45) is 1.93. The van der Waals surface area contributed by atoms with E-state index in [-0.39, 0.29) is 4.75 Å². The maximum Gasteiger partial charge on any atom is 0.495 e. The predicted molar refractivity (Wildman–Crippen MR) is 102 cm³/mol. The molecule has 1 aliphatic rings. The number of thioether (sulfide) groups is 1. The maximum absolute atomic E-state index is 9.75. The third-order valence-corrected chi connectivity index (χ3v) is 6.22. The first-order valence-electron chi connectivity index (χ1n) is 8.03. The summed E-state index contributed by atoms with van der Waals surface area (Å²) in [6, 6.07) is 15.0. The minimum Gasteiger partial charge on any atom is -0.423 e. The highest BCUT2D eigenvalue weighted by Gasteiger charge is 2.37. The number of para-hydroxylation sites is 1. The van der Waals surface area contributed by atoms with Crippen LogP contribution in [0.3, 0.4) is 0 Å². The average Bonchev–Trinajstić information content (AvgIpc) is 3.10. The van der Waals surface area contributed by atoms with Gasteiger partial charge in [-0.2, -0.15) is 0 Å². The van der Waals surface area contributed by atoms with Gasteiger partial charge in [-0.3, -0.25) is 0 Å². The van der Waals surface area contributed by atoms with E-state index in [2.05, 4.69) is 60.7 Å². The highest BCUT2D eigenvalue weighted by atomic mass is 32.2. The number of pyridine rings is 1. The Morgan fingerprint density at radius 2 is 1.79 bits per heavy atom. The van der Waals surface area contributed by atoms with Crippen LogP contribution >= 0.6 is 11.8 Å². The lowest BCUT2D eigenvalue weighted by Crippen LogP contribution is -2.23. The molecule has 1 aliphatic heterocycles. The van der Waals surface area contributed by atoms with E-state index >= 15 is 0 Å². The van der Waals surface area contributed by atoms with Crippen LogP contribution in [-0.2, 0) is 4.75 Å². The Morgan fingerprint density at radius 1 is 1.04 bits per heavy atom. The zero-order chi connectivity index (χ0) is 16.6. The van der Waals surface area contributed by atoms with Gasteiger partial charge in [0.05, 0.1) is 16.7 Å². The Hall–Kier alpha value is -1.95. The Morgan fingerprint density at radius 3 is 2.58 bits per heavy atom. The molecule has 0 aliphatic carbocycles. The molecule has 0 atom stereocenters. The zero-order valence-corrected chi connectivity index (χ0v) is 14.3. The molecule has 0 radical (unpaired) electrons. The van der Waals surface area contributed by atoms with E-state index in [1.165, 1.54) is 39.0 Å². The summed E-state index contributed by atoms with van der Waals surface area (Å²) in [7, 11) is -1.44. The van der Waals surface area contributed by atoms with Gasteiger partial charge in [-0.15, -0.1) is 11.8 Å². The maximum atomic E-state index is 9.75. The molecule has 0 saturated heterocycles. The fraction of sp³-hybridized carbons (Fsp3) is 0.158. The molecule has 5 heteroatoms. The van der Waals surface area contributed by atoms with Gasteiger partial charge in [-0.1, -0.05) is 30.3 Å². The second kappa shape index (κ2) is 4.57. The molecule has 118 valence electrons. The second-order valence-electron chi connectivity index (χ2n) is 6.88. The van der Waals surface area contributed by atoms with Gasteiger partial charge in [0, 0.05) is 20.5 Å². The van der Waals surface area contributed by atoms with Crippen molar-refractivity contribution in [2.75, 3.05) is 0 Å². The number of fused-ring (bicyclic) bond motifs is 5. The molecule has 2 aromatic heterocycles. The summed E-state index contributed by atoms with van der Waals surface area (Å²) in [5, 5.41) is 23.1. The normalized spacial score (nSPS) is 16.8. The van der Waals surface area contributed by atoms with Crippen molar-refractivity contribution in [3.63, 3.8) is 0 Å². The van der Waals surface area contributed by atoms with Crippen molar-refractivity contribution in [3.05, 3.63) is 58.5 Å². The fourth-order valence-corrected chi connectivity index (χ4v) is 5.26. The average molecular weight is 333 g/mol. The van der Waals surface area contributed by atoms with Crippen molar-refractivity contribution >= 4 is 52.1 Å². The van der Waals surface area contributed by atoms with Gasteiger partial charge >= 0.3 is 7.12 Å². The Kier molecular flexibility index (Phi) is 2.74. The van der Waals surface area contributed by atoms with E-state index in [0.717, 1.165) is 11.2 Å². The molecule has 2 N–H and O–H groups in total. The van der Waals surface area contributed by atoms with E-state index in [4.69, 9.17) is 0 Å². The van der Waals surface area contributed by atoms with Gasteiger partial charge < -0.3 is 14.4 Å². The lowest BCUT2D eigenvalue weighted by Gasteiger charge is -2.30. The molecule has 2 aromatic carbocycles. The van der Waals surface area contributed by atoms with Crippen LogP contribution in [0.4, 0.5) is 0 Å². The fourth-order valence-electron chi connectivity index (χ4n) is 4.07. The van der Waals surface area contributed by atoms with E-state index < -0.39 is 7.12 Å². The van der Waals surface area contributed by atoms with Gasteiger partial charge in [0.15, 0.2) is 0 Å². The van der Waals surface area contributed by atoms with Gasteiger partial charge in [-0.25, -0.2) is 0 Å². The lowest BCUT2D eigenvalue weighted by molar-refractivity contribution is 0.423. The number of hydrogen-bond donors (Lipinski definition) is 2. The molecule has 5 rings (SSSR count). The molecule has 24 heavy (non-hydrogen) atoms. The van der Waals surface area contributed by atoms with Crippen molar-refractivity contribution < 1.29 is 10.0 Å². The Labute approximate surface area is 144 Å². The molecule has 3 heterocycles. The van der Waals surface area contributed by atoms with E-state index in [0.29, 0.717) is 4.80 Å². The third kappa shape index (κ3) is 1.72. The van der Waals surface area contributed by atoms with Crippen LogP contribution < -0.4 is 0 Å². The van der Waals surface area contributed by atoms with Crippen LogP contribution in [0.15, 0.2) is 47.3 Å². The summed E-state index contributed by atoms with van der Waals surface area (Å²) in [5.41, 5.74) is 4.69. The molecule has 0 amide bonds. The number of benzene rings is 1. The van der Waals surface area contributed by atoms with Crippen LogP contribution in [0.5, 0.6) is 0 Å². The number of aromatic nitrogens is 1. The highest BCUT2D eigenvalue weighted by Crippen LogP contribution is 2.51. The van der Waals surface area contributed by atoms with Crippen molar-refractivity contribution in [1.29, 1.82) is 0 Å². The summed E-state index contributed by atoms with van der Waals surface area (Å²) >= 11 is 1.53. The molecule has 4 aromatic rings. The van der Waals surface area contributed by atoms with Gasteiger partial charge in [0.1, 0.15) is 0 Å². The summed E-state index contributed by atoms with van der Waals surface area (Å²) in [5.74, 6) is 0. The van der Waals surface area contributed by atoms with Gasteiger partial charge in [0.25, 0.3) is 0 Å². The van der Waals surface area contributed by atoms with Crippen molar-refractivity contribution in [2.45, 2.75) is 18.6 Å². The number of nitrogens with zero attached hydrogens (tertiary/aromatic N) is 1. The number of hydrogen-bond acceptors (Lipinski definition) is 3. The van der Waals surface area contributed by atoms with Crippen molar-refractivity contribution in [2.24, 2.45) is 0 Å². The topological polar surface area (TPSA) is 44.9 Å². The second-order valence-corrected chi connectivity index (χ2v) is 8.58. The predicted octanol–water partition coefficient (Wildman–Crippen LogP) is 4.02. The molecular formula is C19H16BNO2S. The largest absolute Gasteiger partial charge is 0.495 e. The summed E-state index contributed by atoms with van der Waals surface area (Å²) in [4.78, 5) is 0.593. The van der Waals surface area contributed by atoms with E-state index in [9.17, 15) is 10.0 Å². The smallest absolute Gasteiger partial charge is 0.423 e. The van der Waals surface area contributed by atoms with E-state index in [1.54, 1.807) is 0 Å².